The second-order valence-electron chi connectivity index (χ2n) is 18.2. The van der Waals surface area contributed by atoms with Crippen molar-refractivity contribution >= 4 is 53.7 Å². The molecule has 0 bridgehead atoms. The Labute approximate surface area is 399 Å². The lowest BCUT2D eigenvalue weighted by Gasteiger charge is -2.16. The van der Waals surface area contributed by atoms with Gasteiger partial charge in [-0.1, -0.05) is 74.2 Å². The van der Waals surface area contributed by atoms with Crippen molar-refractivity contribution in [3.8, 4) is 5.75 Å². The van der Waals surface area contributed by atoms with Gasteiger partial charge in [0.15, 0.2) is 22.6 Å². The maximum atomic E-state index is 13.5. The van der Waals surface area contributed by atoms with Crippen molar-refractivity contribution in [2.75, 3.05) is 7.11 Å². The number of aliphatic hydroxyl groups excluding tert-OH is 1. The van der Waals surface area contributed by atoms with E-state index in [-0.39, 0.29) is 33.8 Å². The summed E-state index contributed by atoms with van der Waals surface area (Å²) in [4.78, 5) is 9.29. The first-order valence-electron chi connectivity index (χ1n) is 23.3. The summed E-state index contributed by atoms with van der Waals surface area (Å²) in [6, 6.07) is 25.0. The summed E-state index contributed by atoms with van der Waals surface area (Å²) in [6.45, 7) is 8.67. The van der Waals surface area contributed by atoms with Crippen LogP contribution in [0.1, 0.15) is 92.5 Å². The van der Waals surface area contributed by atoms with Gasteiger partial charge in [-0.3, -0.25) is 8.80 Å². The van der Waals surface area contributed by atoms with Crippen LogP contribution in [0.3, 0.4) is 0 Å². The molecule has 2 aliphatic carbocycles. The lowest BCUT2D eigenvalue weighted by atomic mass is 9.93. The maximum absolute atomic E-state index is 13.5. The van der Waals surface area contributed by atoms with Gasteiger partial charge < -0.3 is 14.6 Å². The third kappa shape index (κ3) is 8.44. The largest absolute Gasteiger partial charge is 0.497 e. The molecule has 6 heterocycles. The molecule has 2 fully saturated rings. The second kappa shape index (κ2) is 18.4. The molecule has 6 atom stereocenters. The normalized spacial score (nSPS) is 20.8. The highest BCUT2D eigenvalue weighted by Crippen LogP contribution is 2.44. The highest BCUT2D eigenvalue weighted by Gasteiger charge is 2.39. The smallest absolute Gasteiger partial charge is 0.269 e. The Morgan fingerprint density at radius 2 is 1.09 bits per heavy atom. The van der Waals surface area contributed by atoms with Crippen molar-refractivity contribution in [3.63, 3.8) is 0 Å². The van der Waals surface area contributed by atoms with Crippen LogP contribution >= 0.6 is 0 Å². The molecular weight excluding hydrogens is 917 g/mol. The fourth-order valence-electron chi connectivity index (χ4n) is 10.2. The molecule has 0 radical (unpaired) electrons. The topological polar surface area (TPSA) is 203 Å². The second-order valence-corrected chi connectivity index (χ2v) is 21.9. The van der Waals surface area contributed by atoms with Gasteiger partial charge in [0.1, 0.15) is 17.4 Å². The Morgan fingerprint density at radius 3 is 1.57 bits per heavy atom. The number of aryl methyl sites for hydroxylation is 2. The minimum absolute atomic E-state index is 0.0719. The monoisotopic (exact) mass is 970 g/mol. The van der Waals surface area contributed by atoms with Gasteiger partial charge in [0.25, 0.3) is 20.0 Å². The molecule has 69 heavy (non-hydrogen) atoms. The van der Waals surface area contributed by atoms with Crippen LogP contribution in [0.4, 0.5) is 0 Å². The van der Waals surface area contributed by atoms with Crippen molar-refractivity contribution in [1.29, 1.82) is 0 Å². The zero-order valence-electron chi connectivity index (χ0n) is 39.0. The molecule has 19 heteroatoms. The highest BCUT2D eigenvalue weighted by atomic mass is 32.2. The molecule has 358 valence electrons. The maximum Gasteiger partial charge on any atom is 0.269 e. The summed E-state index contributed by atoms with van der Waals surface area (Å²) in [7, 11) is -5.94. The SMILES string of the molecule is CCC1CC(O)CC1c1nnc2cnc3c(ccn3S(=O)(=O)c3ccc(C)cc3)n12.CCC1CC(OCc2ccc(OC)cc2)CC1c1nnc2cnc3c(ccn3S(=O)(=O)c3ccc(C)cc3)n12. The van der Waals surface area contributed by atoms with Crippen molar-refractivity contribution in [2.24, 2.45) is 11.8 Å². The van der Waals surface area contributed by atoms with E-state index < -0.39 is 20.0 Å². The molecule has 9 aromatic rings. The minimum Gasteiger partial charge on any atom is -0.497 e. The van der Waals surface area contributed by atoms with Crippen LogP contribution in [0.5, 0.6) is 5.75 Å². The van der Waals surface area contributed by atoms with E-state index in [4.69, 9.17) is 9.47 Å². The standard InChI is InChI=1S/C29H31N5O4S.C21H23N5O3S/c1-4-21-15-23(38-18-20-7-9-22(37-3)10-8-20)16-25(21)28-32-31-27-17-30-29-26(34(27)28)13-14-33(29)39(35,36)24-11-5-19(2)6-12-24;1-3-14-10-15(27)11-17(14)20-24-23-19-12-22-21-18(26(19)20)8-9-25(21)30(28,29)16-6-4-13(2)5-7-16/h5-14,17,21,23,25H,4,15-16,18H2,1-3H3;4-9,12,14-15,17,27H,3,10-11H2,1-2H3. The number of aliphatic hydroxyl groups is 1. The minimum atomic E-state index is -3.81. The summed E-state index contributed by atoms with van der Waals surface area (Å²) >= 11 is 0. The van der Waals surface area contributed by atoms with E-state index in [0.29, 0.717) is 58.5 Å². The molecule has 2 aliphatic rings. The zero-order valence-corrected chi connectivity index (χ0v) is 40.6. The molecule has 6 unspecified atom stereocenters. The van der Waals surface area contributed by atoms with Crippen LogP contribution in [0.15, 0.2) is 120 Å². The number of fused-ring (bicyclic) bond motifs is 6. The van der Waals surface area contributed by atoms with E-state index in [1.807, 2.05) is 46.9 Å². The van der Waals surface area contributed by atoms with Crippen LogP contribution in [0, 0.1) is 25.7 Å². The Hall–Kier alpha value is -6.54. The molecule has 3 aromatic carbocycles. The van der Waals surface area contributed by atoms with Gasteiger partial charge in [-0.25, -0.2) is 34.7 Å². The summed E-state index contributed by atoms with van der Waals surface area (Å²) < 4.78 is 71.2. The van der Waals surface area contributed by atoms with Gasteiger partial charge in [0.2, 0.25) is 0 Å². The van der Waals surface area contributed by atoms with E-state index in [1.54, 1.807) is 86.4 Å². The van der Waals surface area contributed by atoms with Crippen LogP contribution in [0.25, 0.3) is 33.6 Å². The van der Waals surface area contributed by atoms with Crippen LogP contribution in [-0.2, 0) is 31.4 Å². The lowest BCUT2D eigenvalue weighted by molar-refractivity contribution is 0.0422. The number of rotatable bonds is 12. The average Bonchev–Trinajstić information content (AvgIpc) is 4.22. The third-order valence-corrected chi connectivity index (χ3v) is 17.3. The Bertz CT molecular complexity index is 3530. The lowest BCUT2D eigenvalue weighted by Crippen LogP contribution is -2.13. The van der Waals surface area contributed by atoms with E-state index in [9.17, 15) is 21.9 Å². The fraction of sp³-hybridized carbons (Fsp3) is 0.360. The summed E-state index contributed by atoms with van der Waals surface area (Å²) in [5, 5.41) is 27.8. The van der Waals surface area contributed by atoms with Gasteiger partial charge in [0.05, 0.1) is 59.1 Å². The average molecular weight is 971 g/mol. The molecule has 0 spiro atoms. The van der Waals surface area contributed by atoms with Gasteiger partial charge in [-0.2, -0.15) is 0 Å². The molecular formula is C50H54N10O7S2. The van der Waals surface area contributed by atoms with E-state index in [2.05, 4.69) is 44.2 Å². The Morgan fingerprint density at radius 1 is 0.609 bits per heavy atom. The number of ether oxygens (including phenoxy) is 2. The van der Waals surface area contributed by atoms with Gasteiger partial charge in [-0.05, 0) is 105 Å². The number of nitrogens with zero attached hydrogens (tertiary/aromatic N) is 10. The molecule has 0 amide bonds. The number of hydrogen-bond acceptors (Lipinski definition) is 13. The van der Waals surface area contributed by atoms with E-state index in [1.165, 1.54) is 14.1 Å². The number of methoxy groups -OCH3 is 1. The molecule has 17 nitrogen and oxygen atoms in total. The molecule has 0 saturated heterocycles. The molecule has 6 aromatic heterocycles. The number of aromatic nitrogens is 10. The predicted molar refractivity (Wildman–Crippen MR) is 259 cm³/mol. The zero-order chi connectivity index (χ0) is 48.2. The van der Waals surface area contributed by atoms with Gasteiger partial charge >= 0.3 is 0 Å². The predicted octanol–water partition coefficient (Wildman–Crippen LogP) is 8.01. The summed E-state index contributed by atoms with van der Waals surface area (Å²) in [5.74, 6) is 3.30. The molecule has 0 aliphatic heterocycles. The molecule has 11 rings (SSSR count). The first kappa shape index (κ1) is 46.2. The number of hydrogen-bond donors (Lipinski definition) is 1. The summed E-state index contributed by atoms with van der Waals surface area (Å²) in [6.07, 6.45) is 11.0. The summed E-state index contributed by atoms with van der Waals surface area (Å²) in [5.41, 5.74) is 6.24. The van der Waals surface area contributed by atoms with Crippen LogP contribution in [0.2, 0.25) is 0 Å². The fourth-order valence-corrected chi connectivity index (χ4v) is 12.8. The quantitative estimate of drug-likeness (QED) is 0.123. The van der Waals surface area contributed by atoms with Crippen LogP contribution in [-0.4, -0.2) is 88.4 Å². The van der Waals surface area contributed by atoms with Crippen LogP contribution < -0.4 is 4.74 Å². The first-order chi connectivity index (χ1) is 33.3. The van der Waals surface area contributed by atoms with E-state index in [0.717, 1.165) is 66.2 Å². The van der Waals surface area contributed by atoms with Crippen molar-refractivity contribution in [2.45, 2.75) is 107 Å². The Balaban J connectivity index is 0.000000166. The Kier molecular flexibility index (Phi) is 12.3. The van der Waals surface area contributed by atoms with Gasteiger partial charge in [-0.15, -0.1) is 20.4 Å². The molecule has 2 saturated carbocycles. The highest BCUT2D eigenvalue weighted by molar-refractivity contribution is 7.90. The van der Waals surface area contributed by atoms with Crippen molar-refractivity contribution in [1.82, 2.24) is 47.1 Å². The third-order valence-electron chi connectivity index (χ3n) is 14.0. The van der Waals surface area contributed by atoms with E-state index >= 15 is 0 Å². The van der Waals surface area contributed by atoms with Crippen molar-refractivity contribution < 1.29 is 31.4 Å². The molecule has 1 N–H and O–H groups in total. The first-order valence-corrected chi connectivity index (χ1v) is 26.2. The van der Waals surface area contributed by atoms with Gasteiger partial charge in [0, 0.05) is 24.2 Å². The van der Waals surface area contributed by atoms with Crippen molar-refractivity contribution in [3.05, 3.63) is 138 Å². The number of benzene rings is 3.